The van der Waals surface area contributed by atoms with Crippen LogP contribution in [0.3, 0.4) is 0 Å². The number of nitrogens with zero attached hydrogens (tertiary/aromatic N) is 1. The first kappa shape index (κ1) is 25.9. The molecule has 0 saturated heterocycles. The summed E-state index contributed by atoms with van der Waals surface area (Å²) in [5.74, 6) is -3.06. The highest BCUT2D eigenvalue weighted by atomic mass is 127. The van der Waals surface area contributed by atoms with E-state index in [0.29, 0.717) is 9.26 Å². The Morgan fingerprint density at radius 1 is 1.09 bits per heavy atom. The van der Waals surface area contributed by atoms with Crippen LogP contribution >= 0.6 is 22.6 Å². The third-order valence-electron chi connectivity index (χ3n) is 4.60. The average molecular weight is 595 g/mol. The second-order valence-corrected chi connectivity index (χ2v) is 8.39. The van der Waals surface area contributed by atoms with E-state index in [2.05, 4.69) is 10.3 Å². The summed E-state index contributed by atoms with van der Waals surface area (Å²) in [6.45, 7) is 0. The van der Waals surface area contributed by atoms with Gasteiger partial charge in [-0.05, 0) is 59.0 Å². The number of rotatable bonds is 9. The molecule has 0 aromatic heterocycles. The maximum absolute atomic E-state index is 14.4. The van der Waals surface area contributed by atoms with Crippen molar-refractivity contribution in [1.29, 1.82) is 0 Å². The molecule has 4 N–H and O–H groups in total. The predicted molar refractivity (Wildman–Crippen MR) is 135 cm³/mol. The predicted octanol–water partition coefficient (Wildman–Crippen LogP) is 5.75. The molecule has 3 rings (SSSR count). The number of hydrogen-bond donors (Lipinski definition) is 3. The fourth-order valence-electron chi connectivity index (χ4n) is 3.06. The molecule has 0 heterocycles. The molecule has 0 spiro atoms. The summed E-state index contributed by atoms with van der Waals surface area (Å²) in [6.07, 6.45) is -0.0815. The Balaban J connectivity index is 1.95. The molecule has 0 bridgehead atoms. The minimum atomic E-state index is -0.994. The van der Waals surface area contributed by atoms with Gasteiger partial charge in [0.1, 0.15) is 28.7 Å². The average Bonchev–Trinajstić information content (AvgIpc) is 2.78. The van der Waals surface area contributed by atoms with Crippen LogP contribution in [0.5, 0.6) is 11.5 Å². The summed E-state index contributed by atoms with van der Waals surface area (Å²) in [5.41, 5.74) is 5.69. The van der Waals surface area contributed by atoms with Crippen LogP contribution in [-0.2, 0) is 9.53 Å². The van der Waals surface area contributed by atoms with Crippen molar-refractivity contribution in [2.24, 2.45) is 10.7 Å². The summed E-state index contributed by atoms with van der Waals surface area (Å²) >= 11 is 1.95. The molecule has 0 unspecified atom stereocenters. The molecule has 182 valence electrons. The van der Waals surface area contributed by atoms with Gasteiger partial charge >= 0.3 is 5.97 Å². The third kappa shape index (κ3) is 7.12. The number of carbonyl (C=O) groups excluding carboxylic acids is 1. The molecule has 11 heteroatoms. The zero-order chi connectivity index (χ0) is 25.5. The van der Waals surface area contributed by atoms with Gasteiger partial charge in [-0.3, -0.25) is 9.59 Å². The SMILES string of the molecule is COC(CCC(=O)O)=Nc1cccc(Oc2cc(F)cc(Nc3ccc(I)cc3F)c2C(N)=O)c1. The summed E-state index contributed by atoms with van der Waals surface area (Å²) in [5, 5.41) is 11.5. The van der Waals surface area contributed by atoms with Gasteiger partial charge in [0.2, 0.25) is 0 Å². The van der Waals surface area contributed by atoms with E-state index in [1.807, 2.05) is 22.6 Å². The van der Waals surface area contributed by atoms with Gasteiger partial charge in [0.15, 0.2) is 5.90 Å². The van der Waals surface area contributed by atoms with E-state index in [1.54, 1.807) is 24.3 Å². The number of carbonyl (C=O) groups is 2. The van der Waals surface area contributed by atoms with Crippen LogP contribution in [0.15, 0.2) is 59.6 Å². The molecule has 0 aliphatic heterocycles. The fourth-order valence-corrected chi connectivity index (χ4v) is 3.51. The van der Waals surface area contributed by atoms with Gasteiger partial charge in [-0.25, -0.2) is 13.8 Å². The van der Waals surface area contributed by atoms with Gasteiger partial charge in [-0.2, -0.15) is 0 Å². The number of carboxylic acid groups (broad SMARTS) is 1. The molecule has 3 aromatic carbocycles. The Kier molecular flexibility index (Phi) is 8.58. The van der Waals surface area contributed by atoms with Crippen molar-refractivity contribution in [2.45, 2.75) is 12.8 Å². The second-order valence-electron chi connectivity index (χ2n) is 7.14. The number of halogens is 3. The molecular formula is C24H20F2IN3O5. The third-order valence-corrected chi connectivity index (χ3v) is 5.27. The largest absolute Gasteiger partial charge is 0.484 e. The lowest BCUT2D eigenvalue weighted by atomic mass is 10.1. The van der Waals surface area contributed by atoms with E-state index >= 15 is 0 Å². The first-order valence-electron chi connectivity index (χ1n) is 10.1. The zero-order valence-corrected chi connectivity index (χ0v) is 20.5. The maximum Gasteiger partial charge on any atom is 0.303 e. The summed E-state index contributed by atoms with van der Waals surface area (Å²) in [7, 11) is 1.37. The van der Waals surface area contributed by atoms with Crippen molar-refractivity contribution in [3.8, 4) is 11.5 Å². The number of nitrogens with one attached hydrogen (secondary N) is 1. The van der Waals surface area contributed by atoms with Crippen LogP contribution in [0.25, 0.3) is 0 Å². The lowest BCUT2D eigenvalue weighted by molar-refractivity contribution is -0.136. The van der Waals surface area contributed by atoms with Gasteiger partial charge in [0, 0.05) is 22.1 Å². The molecule has 0 atom stereocenters. The van der Waals surface area contributed by atoms with Gasteiger partial charge in [-0.15, -0.1) is 0 Å². The second kappa shape index (κ2) is 11.6. The summed E-state index contributed by atoms with van der Waals surface area (Å²) in [4.78, 5) is 27.3. The molecule has 8 nitrogen and oxygen atoms in total. The smallest absolute Gasteiger partial charge is 0.303 e. The molecular weight excluding hydrogens is 575 g/mol. The molecule has 0 fully saturated rings. The van der Waals surface area contributed by atoms with Gasteiger partial charge in [0.25, 0.3) is 5.91 Å². The minimum Gasteiger partial charge on any atom is -0.484 e. The van der Waals surface area contributed by atoms with Crippen molar-refractivity contribution in [3.05, 3.63) is 75.4 Å². The van der Waals surface area contributed by atoms with Crippen molar-refractivity contribution < 1.29 is 33.0 Å². The molecule has 1 amide bonds. The number of benzene rings is 3. The monoisotopic (exact) mass is 595 g/mol. The number of aliphatic carboxylic acids is 1. The lowest BCUT2D eigenvalue weighted by Gasteiger charge is -2.16. The van der Waals surface area contributed by atoms with E-state index < -0.39 is 23.5 Å². The summed E-state index contributed by atoms with van der Waals surface area (Å²) in [6, 6.07) is 12.6. The first-order chi connectivity index (χ1) is 16.7. The number of primary amides is 1. The highest BCUT2D eigenvalue weighted by Gasteiger charge is 2.20. The molecule has 0 aliphatic carbocycles. The number of anilines is 2. The molecule has 3 aromatic rings. The Morgan fingerprint density at radius 3 is 2.51 bits per heavy atom. The van der Waals surface area contributed by atoms with Crippen LogP contribution in [0.1, 0.15) is 23.2 Å². The maximum atomic E-state index is 14.4. The minimum absolute atomic E-state index is 0.0225. The highest BCUT2D eigenvalue weighted by molar-refractivity contribution is 14.1. The zero-order valence-electron chi connectivity index (χ0n) is 18.3. The molecule has 0 saturated carbocycles. The fraction of sp³-hybridized carbons (Fsp3) is 0.125. The Bertz CT molecular complexity index is 1300. The van der Waals surface area contributed by atoms with Gasteiger partial charge in [-0.1, -0.05) is 6.07 Å². The summed E-state index contributed by atoms with van der Waals surface area (Å²) < 4.78 is 40.3. The quantitative estimate of drug-likeness (QED) is 0.165. The lowest BCUT2D eigenvalue weighted by Crippen LogP contribution is -2.15. The van der Waals surface area contributed by atoms with Crippen molar-refractivity contribution >= 4 is 57.4 Å². The standard InChI is InChI=1S/C24H20F2IN3O5/c1-34-21(7-8-22(31)32)29-15-3-2-4-16(12-15)35-20-10-13(25)9-19(23(20)24(28)33)30-18-6-5-14(27)11-17(18)26/h2-6,9-12,30H,7-8H2,1H3,(H2,28,33)(H,31,32). The van der Waals surface area contributed by atoms with Crippen LogP contribution in [0.2, 0.25) is 0 Å². The molecule has 0 radical (unpaired) electrons. The Morgan fingerprint density at radius 2 is 1.86 bits per heavy atom. The Labute approximate surface area is 212 Å². The number of nitrogens with two attached hydrogens (primary N) is 1. The van der Waals surface area contributed by atoms with Gasteiger partial charge < -0.3 is 25.6 Å². The number of ether oxygens (including phenoxy) is 2. The number of carboxylic acids is 1. The normalized spacial score (nSPS) is 11.1. The van der Waals surface area contributed by atoms with E-state index in [0.717, 1.165) is 12.1 Å². The van der Waals surface area contributed by atoms with Crippen molar-refractivity contribution in [2.75, 3.05) is 12.4 Å². The van der Waals surface area contributed by atoms with Crippen molar-refractivity contribution in [3.63, 3.8) is 0 Å². The molecule has 35 heavy (non-hydrogen) atoms. The van der Waals surface area contributed by atoms with Gasteiger partial charge in [0.05, 0.1) is 30.6 Å². The van der Waals surface area contributed by atoms with Crippen molar-refractivity contribution in [1.82, 2.24) is 0 Å². The van der Waals surface area contributed by atoms with E-state index in [9.17, 15) is 18.4 Å². The number of methoxy groups -OCH3 is 1. The van der Waals surface area contributed by atoms with Crippen LogP contribution in [0, 0.1) is 15.2 Å². The topological polar surface area (TPSA) is 123 Å². The van der Waals surface area contributed by atoms with Crippen LogP contribution in [0.4, 0.5) is 25.8 Å². The number of aliphatic imine (C=N–C) groups is 1. The van der Waals surface area contributed by atoms with Crippen LogP contribution in [-0.4, -0.2) is 30.0 Å². The Hall–Kier alpha value is -3.74. The van der Waals surface area contributed by atoms with Crippen LogP contribution < -0.4 is 15.8 Å². The van der Waals surface area contributed by atoms with E-state index in [4.69, 9.17) is 20.3 Å². The number of amides is 1. The number of hydrogen-bond acceptors (Lipinski definition) is 6. The van der Waals surface area contributed by atoms with E-state index in [-0.39, 0.29) is 47.2 Å². The highest BCUT2D eigenvalue weighted by Crippen LogP contribution is 2.35. The molecule has 0 aliphatic rings. The van der Waals surface area contributed by atoms with E-state index in [1.165, 1.54) is 25.3 Å². The first-order valence-corrected chi connectivity index (χ1v) is 11.2.